The zero-order chi connectivity index (χ0) is 25.2. The number of ether oxygens (including phenoxy) is 1. The van der Waals surface area contributed by atoms with Crippen LogP contribution in [0.25, 0.3) is 33.4 Å². The normalized spacial score (nSPS) is 10.9. The molecule has 0 bridgehead atoms. The number of ketones is 1. The van der Waals surface area contributed by atoms with E-state index < -0.39 is 5.82 Å². The summed E-state index contributed by atoms with van der Waals surface area (Å²) < 4.78 is 19.2. The van der Waals surface area contributed by atoms with Crippen LogP contribution in [-0.2, 0) is 0 Å². The van der Waals surface area contributed by atoms with E-state index in [4.69, 9.17) is 26.3 Å². The minimum absolute atomic E-state index is 0.00388. The third-order valence-electron chi connectivity index (χ3n) is 5.71. The maximum atomic E-state index is 13.7. The molecule has 0 atom stereocenters. The summed E-state index contributed by atoms with van der Waals surface area (Å²) in [7, 11) is 1.54. The van der Waals surface area contributed by atoms with Crippen LogP contribution in [0.2, 0.25) is 5.02 Å². The second-order valence-electron chi connectivity index (χ2n) is 8.09. The lowest BCUT2D eigenvalue weighted by Crippen LogP contribution is -2.00. The van der Waals surface area contributed by atoms with Gasteiger partial charge in [0.15, 0.2) is 11.6 Å². The summed E-state index contributed by atoms with van der Waals surface area (Å²) in [4.78, 5) is 25.6. The Balaban J connectivity index is 1.66. The Kier molecular flexibility index (Phi) is 6.31. The molecule has 5 aromatic rings. The van der Waals surface area contributed by atoms with Crippen molar-refractivity contribution in [1.29, 1.82) is 0 Å². The first-order chi connectivity index (χ1) is 17.4. The maximum absolute atomic E-state index is 13.7. The Bertz CT molecular complexity index is 1610. The van der Waals surface area contributed by atoms with Gasteiger partial charge in [-0.25, -0.2) is 14.4 Å². The molecule has 0 radical (unpaired) electrons. The lowest BCUT2D eigenvalue weighted by molar-refractivity contribution is 0.101. The van der Waals surface area contributed by atoms with Gasteiger partial charge in [-0.3, -0.25) is 9.78 Å². The van der Waals surface area contributed by atoms with Crippen molar-refractivity contribution in [2.24, 2.45) is 0 Å². The van der Waals surface area contributed by atoms with Gasteiger partial charge in [-0.1, -0.05) is 23.7 Å². The molecule has 5 rings (SSSR count). The first-order valence-corrected chi connectivity index (χ1v) is 11.4. The Morgan fingerprint density at radius 2 is 1.78 bits per heavy atom. The summed E-state index contributed by atoms with van der Waals surface area (Å²) in [5.74, 6) is 0.943. The van der Waals surface area contributed by atoms with Crippen LogP contribution in [0.1, 0.15) is 17.3 Å². The first-order valence-electron chi connectivity index (χ1n) is 11.1. The van der Waals surface area contributed by atoms with E-state index in [1.54, 1.807) is 24.5 Å². The molecule has 0 fully saturated rings. The van der Waals surface area contributed by atoms with E-state index in [2.05, 4.69) is 10.3 Å². The van der Waals surface area contributed by atoms with Crippen LogP contribution in [0.3, 0.4) is 0 Å². The fourth-order valence-electron chi connectivity index (χ4n) is 3.90. The van der Waals surface area contributed by atoms with E-state index in [0.29, 0.717) is 34.2 Å². The van der Waals surface area contributed by atoms with Gasteiger partial charge in [0.25, 0.3) is 0 Å². The number of hydrogen-bond acceptors (Lipinski definition) is 6. The van der Waals surface area contributed by atoms with Crippen LogP contribution in [0.5, 0.6) is 5.75 Å². The van der Waals surface area contributed by atoms with E-state index in [1.807, 2.05) is 42.5 Å². The van der Waals surface area contributed by atoms with E-state index in [9.17, 15) is 9.18 Å². The summed E-state index contributed by atoms with van der Waals surface area (Å²) in [5, 5.41) is 4.01. The van der Waals surface area contributed by atoms with Crippen LogP contribution in [0, 0.1) is 5.82 Å². The molecule has 0 saturated heterocycles. The molecule has 2 aromatic heterocycles. The third kappa shape index (κ3) is 4.61. The standard InChI is InChI=1S/C28H20ClFN4O2/c1-16(35)21-8-5-18(13-26(21)36-2)17-6-10-25-22(12-17)28(32-20-7-9-24(30)23(29)14-20)34-27(33-25)19-4-3-11-31-15-19/h3-15H,1-2H3,(H,32,33,34). The molecule has 0 aliphatic rings. The van der Waals surface area contributed by atoms with Gasteiger partial charge in [0.2, 0.25) is 0 Å². The smallest absolute Gasteiger partial charge is 0.163 e. The average molecular weight is 499 g/mol. The average Bonchev–Trinajstić information content (AvgIpc) is 2.90. The molecule has 0 aliphatic carbocycles. The van der Waals surface area contributed by atoms with Gasteiger partial charge >= 0.3 is 0 Å². The van der Waals surface area contributed by atoms with Gasteiger partial charge in [-0.05, 0) is 72.6 Å². The molecular formula is C28H20ClFN4O2. The van der Waals surface area contributed by atoms with Gasteiger partial charge in [-0.2, -0.15) is 0 Å². The largest absolute Gasteiger partial charge is 0.496 e. The molecule has 2 heterocycles. The number of rotatable bonds is 6. The van der Waals surface area contributed by atoms with Crippen molar-refractivity contribution in [2.45, 2.75) is 6.92 Å². The zero-order valence-electron chi connectivity index (χ0n) is 19.4. The van der Waals surface area contributed by atoms with Gasteiger partial charge in [0, 0.05) is 29.0 Å². The molecule has 0 saturated carbocycles. The number of aromatic nitrogens is 3. The monoisotopic (exact) mass is 498 g/mol. The number of benzene rings is 3. The number of carbonyl (C=O) groups excluding carboxylic acids is 1. The fraction of sp³-hybridized carbons (Fsp3) is 0.0714. The van der Waals surface area contributed by atoms with Crippen molar-refractivity contribution in [3.63, 3.8) is 0 Å². The van der Waals surface area contributed by atoms with Gasteiger partial charge < -0.3 is 10.1 Å². The number of hydrogen-bond donors (Lipinski definition) is 1. The molecule has 36 heavy (non-hydrogen) atoms. The second-order valence-corrected chi connectivity index (χ2v) is 8.50. The summed E-state index contributed by atoms with van der Waals surface area (Å²) in [6.45, 7) is 1.50. The van der Waals surface area contributed by atoms with Crippen LogP contribution < -0.4 is 10.1 Å². The van der Waals surface area contributed by atoms with Crippen LogP contribution in [0.4, 0.5) is 15.9 Å². The van der Waals surface area contributed by atoms with Crippen molar-refractivity contribution in [3.8, 4) is 28.3 Å². The highest BCUT2D eigenvalue weighted by Crippen LogP contribution is 2.34. The van der Waals surface area contributed by atoms with Crippen molar-refractivity contribution in [1.82, 2.24) is 15.0 Å². The lowest BCUT2D eigenvalue weighted by atomic mass is 10.00. The number of Topliss-reactive ketones (excluding diaryl/α,β-unsaturated/α-hetero) is 1. The highest BCUT2D eigenvalue weighted by Gasteiger charge is 2.14. The van der Waals surface area contributed by atoms with Crippen LogP contribution in [0.15, 0.2) is 79.1 Å². The molecule has 178 valence electrons. The summed E-state index contributed by atoms with van der Waals surface area (Å²) >= 11 is 6.00. The number of pyridine rings is 1. The number of methoxy groups -OCH3 is 1. The maximum Gasteiger partial charge on any atom is 0.163 e. The Labute approximate surface area is 211 Å². The Hall–Kier alpha value is -4.36. The number of anilines is 2. The molecule has 0 amide bonds. The number of halogens is 2. The highest BCUT2D eigenvalue weighted by molar-refractivity contribution is 6.31. The van der Waals surface area contributed by atoms with Gasteiger partial charge in [-0.15, -0.1) is 0 Å². The molecule has 0 unspecified atom stereocenters. The van der Waals surface area contributed by atoms with E-state index in [-0.39, 0.29) is 10.8 Å². The Morgan fingerprint density at radius 3 is 2.50 bits per heavy atom. The number of fused-ring (bicyclic) bond motifs is 1. The van der Waals surface area contributed by atoms with Crippen molar-refractivity contribution in [2.75, 3.05) is 12.4 Å². The summed E-state index contributed by atoms with van der Waals surface area (Å²) in [5.41, 5.74) is 4.31. The molecule has 6 nitrogen and oxygen atoms in total. The number of nitrogens with zero attached hydrogens (tertiary/aromatic N) is 3. The van der Waals surface area contributed by atoms with Gasteiger partial charge in [0.1, 0.15) is 17.4 Å². The highest BCUT2D eigenvalue weighted by atomic mass is 35.5. The molecular weight excluding hydrogens is 479 g/mol. The molecule has 3 aromatic carbocycles. The predicted octanol–water partition coefficient (Wildman–Crippen LogP) is 7.11. The van der Waals surface area contributed by atoms with E-state index >= 15 is 0 Å². The molecule has 8 heteroatoms. The number of nitrogens with one attached hydrogen (secondary N) is 1. The quantitative estimate of drug-likeness (QED) is 0.251. The van der Waals surface area contributed by atoms with Gasteiger partial charge in [0.05, 0.1) is 23.2 Å². The molecule has 0 aliphatic heterocycles. The van der Waals surface area contributed by atoms with E-state index in [1.165, 1.54) is 26.2 Å². The SMILES string of the molecule is COc1cc(-c2ccc3nc(-c4cccnc4)nc(Nc4ccc(F)c(Cl)c4)c3c2)ccc1C(C)=O. The zero-order valence-corrected chi connectivity index (χ0v) is 20.2. The minimum Gasteiger partial charge on any atom is -0.496 e. The first kappa shape index (κ1) is 23.4. The predicted molar refractivity (Wildman–Crippen MR) is 139 cm³/mol. The van der Waals surface area contributed by atoms with Crippen molar-refractivity contribution >= 4 is 39.8 Å². The van der Waals surface area contributed by atoms with Crippen LogP contribution >= 0.6 is 11.6 Å². The minimum atomic E-state index is -0.504. The third-order valence-corrected chi connectivity index (χ3v) is 6.00. The topological polar surface area (TPSA) is 77.0 Å². The van der Waals surface area contributed by atoms with Crippen molar-refractivity contribution < 1.29 is 13.9 Å². The summed E-state index contributed by atoms with van der Waals surface area (Å²) in [6.07, 6.45) is 3.37. The fourth-order valence-corrected chi connectivity index (χ4v) is 4.08. The lowest BCUT2D eigenvalue weighted by Gasteiger charge is -2.13. The second kappa shape index (κ2) is 9.71. The molecule has 1 N–H and O–H groups in total. The summed E-state index contributed by atoms with van der Waals surface area (Å²) in [6, 6.07) is 19.3. The molecule has 0 spiro atoms. The van der Waals surface area contributed by atoms with Crippen LogP contribution in [-0.4, -0.2) is 27.8 Å². The van der Waals surface area contributed by atoms with Crippen molar-refractivity contribution in [3.05, 3.63) is 95.5 Å². The number of carbonyl (C=O) groups is 1. The Morgan fingerprint density at radius 1 is 0.972 bits per heavy atom. The van der Waals surface area contributed by atoms with E-state index in [0.717, 1.165) is 22.1 Å².